The fraction of sp³-hybridized carbons (Fsp3) is 0.294. The quantitative estimate of drug-likeness (QED) is 0.715. The average molecular weight is 338 g/mol. The molecule has 0 radical (unpaired) electrons. The maximum absolute atomic E-state index is 12.5. The van der Waals surface area contributed by atoms with Crippen molar-refractivity contribution in [1.29, 1.82) is 0 Å². The number of hydrogen-bond donors (Lipinski definition) is 2. The van der Waals surface area contributed by atoms with Crippen molar-refractivity contribution in [2.75, 3.05) is 13.1 Å². The molecule has 0 spiro atoms. The topological polar surface area (TPSA) is 93.4 Å². The lowest BCUT2D eigenvalue weighted by atomic mass is 10.2. The van der Waals surface area contributed by atoms with Gasteiger partial charge in [0, 0.05) is 49.6 Å². The molecule has 0 saturated carbocycles. The summed E-state index contributed by atoms with van der Waals surface area (Å²) in [5, 5.41) is 6.15. The Kier molecular flexibility index (Phi) is 4.26. The lowest BCUT2D eigenvalue weighted by Gasteiger charge is -2.15. The van der Waals surface area contributed by atoms with E-state index in [2.05, 4.69) is 25.6 Å². The second kappa shape index (κ2) is 6.86. The van der Waals surface area contributed by atoms with Gasteiger partial charge in [0.1, 0.15) is 11.9 Å². The van der Waals surface area contributed by atoms with E-state index in [9.17, 15) is 4.79 Å². The maximum atomic E-state index is 12.5. The number of nitrogens with one attached hydrogen (secondary N) is 2. The number of aromatic nitrogens is 4. The van der Waals surface area contributed by atoms with Gasteiger partial charge < -0.3 is 19.8 Å². The number of amides is 1. The van der Waals surface area contributed by atoms with Gasteiger partial charge in [-0.2, -0.15) is 0 Å². The van der Waals surface area contributed by atoms with Gasteiger partial charge in [0.05, 0.1) is 6.20 Å². The number of fused-ring (bicyclic) bond motifs is 1. The Bertz CT molecular complexity index is 887. The van der Waals surface area contributed by atoms with Gasteiger partial charge in [-0.1, -0.05) is 0 Å². The number of ether oxygens (including phenoxy) is 1. The number of carbonyl (C=O) groups is 1. The van der Waals surface area contributed by atoms with E-state index < -0.39 is 0 Å². The van der Waals surface area contributed by atoms with E-state index in [1.165, 1.54) is 0 Å². The van der Waals surface area contributed by atoms with E-state index in [4.69, 9.17) is 4.74 Å². The summed E-state index contributed by atoms with van der Waals surface area (Å²) in [7, 11) is 0. The summed E-state index contributed by atoms with van der Waals surface area (Å²) >= 11 is 0. The molecule has 1 saturated heterocycles. The molecule has 8 heteroatoms. The first kappa shape index (κ1) is 15.5. The normalized spacial score (nSPS) is 16.9. The van der Waals surface area contributed by atoms with Crippen LogP contribution in [0.5, 0.6) is 5.75 Å². The van der Waals surface area contributed by atoms with Crippen molar-refractivity contribution in [3.8, 4) is 5.75 Å². The third-order valence-corrected chi connectivity index (χ3v) is 4.14. The summed E-state index contributed by atoms with van der Waals surface area (Å²) < 4.78 is 7.75. The molecule has 1 aliphatic rings. The molecule has 0 bridgehead atoms. The summed E-state index contributed by atoms with van der Waals surface area (Å²) in [6, 6.07) is 1.85. The number of pyridine rings is 1. The highest BCUT2D eigenvalue weighted by Crippen LogP contribution is 2.20. The van der Waals surface area contributed by atoms with Crippen molar-refractivity contribution in [3.05, 3.63) is 54.5 Å². The van der Waals surface area contributed by atoms with E-state index in [0.717, 1.165) is 25.1 Å². The second-order valence-electron chi connectivity index (χ2n) is 5.83. The number of imidazole rings is 1. The molecule has 0 unspecified atom stereocenters. The van der Waals surface area contributed by atoms with Gasteiger partial charge in [-0.3, -0.25) is 9.78 Å². The minimum absolute atomic E-state index is 0.138. The van der Waals surface area contributed by atoms with E-state index in [-0.39, 0.29) is 12.0 Å². The van der Waals surface area contributed by atoms with Crippen molar-refractivity contribution >= 4 is 11.6 Å². The predicted molar refractivity (Wildman–Crippen MR) is 90.3 cm³/mol. The minimum atomic E-state index is -0.276. The lowest BCUT2D eigenvalue weighted by molar-refractivity contribution is 0.0946. The molecule has 1 atom stereocenters. The van der Waals surface area contributed by atoms with Crippen LogP contribution in [-0.4, -0.2) is 44.5 Å². The zero-order chi connectivity index (χ0) is 17.1. The van der Waals surface area contributed by atoms with Gasteiger partial charge in [-0.25, -0.2) is 9.97 Å². The molecule has 0 aliphatic carbocycles. The van der Waals surface area contributed by atoms with Gasteiger partial charge in [0.25, 0.3) is 5.91 Å². The van der Waals surface area contributed by atoms with E-state index in [0.29, 0.717) is 23.6 Å². The first-order chi connectivity index (χ1) is 12.3. The largest absolute Gasteiger partial charge is 0.487 e. The molecule has 3 aromatic rings. The molecule has 0 aromatic carbocycles. The maximum Gasteiger partial charge on any atom is 0.274 e. The van der Waals surface area contributed by atoms with Gasteiger partial charge in [0.2, 0.25) is 0 Å². The van der Waals surface area contributed by atoms with Crippen LogP contribution < -0.4 is 15.4 Å². The van der Waals surface area contributed by atoms with E-state index in [1.807, 2.05) is 6.07 Å². The van der Waals surface area contributed by atoms with Gasteiger partial charge in [-0.15, -0.1) is 0 Å². The molecule has 8 nitrogen and oxygen atoms in total. The molecule has 1 aliphatic heterocycles. The molecule has 4 heterocycles. The van der Waals surface area contributed by atoms with Crippen molar-refractivity contribution in [2.45, 2.75) is 19.1 Å². The summed E-state index contributed by atoms with van der Waals surface area (Å²) in [6.45, 7) is 2.11. The average Bonchev–Trinajstić information content (AvgIpc) is 3.31. The molecule has 1 amide bonds. The van der Waals surface area contributed by atoms with Gasteiger partial charge >= 0.3 is 0 Å². The van der Waals surface area contributed by atoms with Crippen molar-refractivity contribution < 1.29 is 9.53 Å². The molecule has 1 fully saturated rings. The number of carbonyl (C=O) groups excluding carboxylic acids is 1. The summed E-state index contributed by atoms with van der Waals surface area (Å²) in [5.41, 5.74) is 1.71. The van der Waals surface area contributed by atoms with Crippen LogP contribution in [0.15, 0.2) is 43.2 Å². The first-order valence-electron chi connectivity index (χ1n) is 8.17. The highest BCUT2D eigenvalue weighted by molar-refractivity contribution is 5.97. The SMILES string of the molecule is O=C(NCc1ccncc1O[C@H]1CCNC1)c1nccn2ccnc12. The molecule has 2 N–H and O–H groups in total. The first-order valence-corrected chi connectivity index (χ1v) is 8.17. The number of rotatable bonds is 5. The van der Waals surface area contributed by atoms with Crippen LogP contribution in [0.25, 0.3) is 5.65 Å². The molecular weight excluding hydrogens is 320 g/mol. The molecule has 128 valence electrons. The summed E-state index contributed by atoms with van der Waals surface area (Å²) in [6.07, 6.45) is 11.2. The zero-order valence-corrected chi connectivity index (χ0v) is 13.6. The van der Waals surface area contributed by atoms with Crippen molar-refractivity contribution in [2.24, 2.45) is 0 Å². The monoisotopic (exact) mass is 338 g/mol. The van der Waals surface area contributed by atoms with Crippen LogP contribution in [0.3, 0.4) is 0 Å². The Morgan fingerprint density at radius 3 is 3.04 bits per heavy atom. The second-order valence-corrected chi connectivity index (χ2v) is 5.83. The van der Waals surface area contributed by atoms with Gasteiger partial charge in [-0.05, 0) is 19.0 Å². The number of hydrogen-bond acceptors (Lipinski definition) is 6. The highest BCUT2D eigenvalue weighted by atomic mass is 16.5. The lowest BCUT2D eigenvalue weighted by Crippen LogP contribution is -2.26. The van der Waals surface area contributed by atoms with Crippen LogP contribution in [0.4, 0.5) is 0 Å². The smallest absolute Gasteiger partial charge is 0.274 e. The Hall–Kier alpha value is -3.00. The third kappa shape index (κ3) is 3.29. The Labute approximate surface area is 144 Å². The fourth-order valence-corrected chi connectivity index (χ4v) is 2.84. The zero-order valence-electron chi connectivity index (χ0n) is 13.6. The molecular formula is C17H18N6O2. The molecule has 4 rings (SSSR count). The highest BCUT2D eigenvalue weighted by Gasteiger charge is 2.18. The molecule has 3 aromatic heterocycles. The summed E-state index contributed by atoms with van der Waals surface area (Å²) in [4.78, 5) is 24.9. The minimum Gasteiger partial charge on any atom is -0.487 e. The van der Waals surface area contributed by atoms with Crippen LogP contribution in [0.2, 0.25) is 0 Å². The van der Waals surface area contributed by atoms with Crippen molar-refractivity contribution in [1.82, 2.24) is 30.0 Å². The number of nitrogens with zero attached hydrogens (tertiary/aromatic N) is 4. The molecule has 25 heavy (non-hydrogen) atoms. The standard InChI is InChI=1S/C17H18N6O2/c24-17(15-16-21-6-8-23(16)7-5-20-15)22-9-12-1-3-19-11-14(12)25-13-2-4-18-10-13/h1,3,5-8,11,13,18H,2,4,9-10H2,(H,22,24)/t13-/m0/s1. The van der Waals surface area contributed by atoms with Crippen molar-refractivity contribution in [3.63, 3.8) is 0 Å². The van der Waals surface area contributed by atoms with Crippen LogP contribution in [-0.2, 0) is 6.54 Å². The van der Waals surface area contributed by atoms with E-state index in [1.54, 1.807) is 41.6 Å². The predicted octanol–water partition coefficient (Wildman–Crippen LogP) is 0.795. The van der Waals surface area contributed by atoms with Crippen LogP contribution in [0, 0.1) is 0 Å². The van der Waals surface area contributed by atoms with Crippen LogP contribution >= 0.6 is 0 Å². The third-order valence-electron chi connectivity index (χ3n) is 4.14. The van der Waals surface area contributed by atoms with Crippen LogP contribution in [0.1, 0.15) is 22.5 Å². The van der Waals surface area contributed by atoms with E-state index >= 15 is 0 Å². The fourth-order valence-electron chi connectivity index (χ4n) is 2.84. The van der Waals surface area contributed by atoms with Gasteiger partial charge in [0.15, 0.2) is 11.3 Å². The Morgan fingerprint density at radius 1 is 1.32 bits per heavy atom. The Balaban J connectivity index is 1.47. The summed E-state index contributed by atoms with van der Waals surface area (Å²) in [5.74, 6) is 0.422. The Morgan fingerprint density at radius 2 is 2.20 bits per heavy atom.